The number of hydrogen-bond acceptors (Lipinski definition) is 3. The maximum Gasteiger partial charge on any atom is 0.119 e. The van der Waals surface area contributed by atoms with Crippen LogP contribution in [-0.4, -0.2) is 26.4 Å². The molecule has 0 radical (unpaired) electrons. The van der Waals surface area contributed by atoms with Crippen molar-refractivity contribution in [1.82, 2.24) is 0 Å². The standard InChI is InChI=1S/C12H17NO2/c1-9(13)12(7-15-8-12)10-4-3-5-11(6-10)14-2/h3-6,9H,7-8,13H2,1-2H3. The first-order valence-corrected chi connectivity index (χ1v) is 5.17. The first-order valence-electron chi connectivity index (χ1n) is 5.17. The number of rotatable bonds is 3. The second-order valence-corrected chi connectivity index (χ2v) is 4.17. The van der Waals surface area contributed by atoms with Crippen molar-refractivity contribution in [2.75, 3.05) is 20.3 Å². The van der Waals surface area contributed by atoms with E-state index in [-0.39, 0.29) is 11.5 Å². The van der Waals surface area contributed by atoms with Gasteiger partial charge in [0.15, 0.2) is 0 Å². The Morgan fingerprint density at radius 3 is 2.67 bits per heavy atom. The van der Waals surface area contributed by atoms with Gasteiger partial charge in [0.1, 0.15) is 5.75 Å². The summed E-state index contributed by atoms with van der Waals surface area (Å²) in [5.41, 5.74) is 7.23. The van der Waals surface area contributed by atoms with E-state index in [0.717, 1.165) is 5.75 Å². The van der Waals surface area contributed by atoms with Crippen LogP contribution < -0.4 is 10.5 Å². The molecular weight excluding hydrogens is 190 g/mol. The molecule has 2 N–H and O–H groups in total. The molecule has 1 fully saturated rings. The number of methoxy groups -OCH3 is 1. The van der Waals surface area contributed by atoms with Gasteiger partial charge in [-0.25, -0.2) is 0 Å². The maximum atomic E-state index is 6.04. The van der Waals surface area contributed by atoms with Crippen LogP contribution in [0.5, 0.6) is 5.75 Å². The van der Waals surface area contributed by atoms with Gasteiger partial charge in [-0.15, -0.1) is 0 Å². The zero-order valence-electron chi connectivity index (χ0n) is 9.19. The molecule has 3 heteroatoms. The molecule has 3 nitrogen and oxygen atoms in total. The van der Waals surface area contributed by atoms with E-state index in [1.165, 1.54) is 5.56 Å². The molecule has 0 aromatic heterocycles. The average Bonchev–Trinajstić information content (AvgIpc) is 2.16. The molecule has 0 saturated carbocycles. The molecule has 0 spiro atoms. The molecule has 15 heavy (non-hydrogen) atoms. The van der Waals surface area contributed by atoms with Crippen molar-refractivity contribution in [2.45, 2.75) is 18.4 Å². The van der Waals surface area contributed by atoms with Gasteiger partial charge in [0.25, 0.3) is 0 Å². The van der Waals surface area contributed by atoms with Crippen molar-refractivity contribution in [3.05, 3.63) is 29.8 Å². The van der Waals surface area contributed by atoms with Crippen LogP contribution in [0.3, 0.4) is 0 Å². The Balaban J connectivity index is 2.34. The lowest BCUT2D eigenvalue weighted by molar-refractivity contribution is -0.0702. The molecule has 1 aromatic carbocycles. The molecular formula is C12H17NO2. The lowest BCUT2D eigenvalue weighted by Crippen LogP contribution is -2.57. The smallest absolute Gasteiger partial charge is 0.119 e. The Hall–Kier alpha value is -1.06. The van der Waals surface area contributed by atoms with Crippen LogP contribution in [-0.2, 0) is 10.2 Å². The summed E-state index contributed by atoms with van der Waals surface area (Å²) < 4.78 is 10.5. The maximum absolute atomic E-state index is 6.04. The van der Waals surface area contributed by atoms with Crippen LogP contribution in [0.2, 0.25) is 0 Å². The Morgan fingerprint density at radius 1 is 1.47 bits per heavy atom. The second kappa shape index (κ2) is 3.83. The fourth-order valence-corrected chi connectivity index (χ4v) is 1.95. The van der Waals surface area contributed by atoms with Gasteiger partial charge in [0.2, 0.25) is 0 Å². The van der Waals surface area contributed by atoms with E-state index < -0.39 is 0 Å². The van der Waals surface area contributed by atoms with Crippen molar-refractivity contribution >= 4 is 0 Å². The summed E-state index contributed by atoms with van der Waals surface area (Å²) in [6.45, 7) is 3.44. The second-order valence-electron chi connectivity index (χ2n) is 4.17. The molecule has 82 valence electrons. The summed E-state index contributed by atoms with van der Waals surface area (Å²) in [4.78, 5) is 0. The molecule has 0 bridgehead atoms. The molecule has 1 heterocycles. The quantitative estimate of drug-likeness (QED) is 0.812. The minimum Gasteiger partial charge on any atom is -0.497 e. The van der Waals surface area contributed by atoms with Crippen molar-refractivity contribution in [2.24, 2.45) is 5.73 Å². The van der Waals surface area contributed by atoms with Gasteiger partial charge in [-0.1, -0.05) is 12.1 Å². The Kier molecular flexibility index (Phi) is 2.67. The van der Waals surface area contributed by atoms with E-state index >= 15 is 0 Å². The minimum atomic E-state index is -0.0193. The largest absolute Gasteiger partial charge is 0.497 e. The fraction of sp³-hybridized carbons (Fsp3) is 0.500. The van der Waals surface area contributed by atoms with Crippen LogP contribution in [0.1, 0.15) is 12.5 Å². The lowest BCUT2D eigenvalue weighted by Gasteiger charge is -2.45. The molecule has 1 saturated heterocycles. The van der Waals surface area contributed by atoms with Gasteiger partial charge >= 0.3 is 0 Å². The SMILES string of the molecule is COc1cccc(C2(C(C)N)COC2)c1. The van der Waals surface area contributed by atoms with Crippen LogP contribution in [0.25, 0.3) is 0 Å². The minimum absolute atomic E-state index is 0.0193. The number of benzene rings is 1. The Morgan fingerprint density at radius 2 is 2.20 bits per heavy atom. The zero-order valence-corrected chi connectivity index (χ0v) is 9.19. The molecule has 2 rings (SSSR count). The molecule has 1 unspecified atom stereocenters. The Bertz CT molecular complexity index is 345. The van der Waals surface area contributed by atoms with Gasteiger partial charge < -0.3 is 15.2 Å². The van der Waals surface area contributed by atoms with Crippen molar-refractivity contribution in [3.63, 3.8) is 0 Å². The summed E-state index contributed by atoms with van der Waals surface area (Å²) in [6.07, 6.45) is 0. The molecule has 0 amide bonds. The third-order valence-electron chi connectivity index (χ3n) is 3.24. The van der Waals surface area contributed by atoms with Crippen LogP contribution >= 0.6 is 0 Å². The van der Waals surface area contributed by atoms with Gasteiger partial charge in [-0.2, -0.15) is 0 Å². The first-order chi connectivity index (χ1) is 7.19. The summed E-state index contributed by atoms with van der Waals surface area (Å²) in [5, 5.41) is 0. The third kappa shape index (κ3) is 1.62. The molecule has 1 aliphatic rings. The lowest BCUT2D eigenvalue weighted by atomic mass is 9.73. The predicted molar refractivity (Wildman–Crippen MR) is 59.1 cm³/mol. The van der Waals surface area contributed by atoms with E-state index in [4.69, 9.17) is 15.2 Å². The molecule has 1 atom stereocenters. The van der Waals surface area contributed by atoms with Gasteiger partial charge in [0, 0.05) is 6.04 Å². The van der Waals surface area contributed by atoms with Crippen molar-refractivity contribution < 1.29 is 9.47 Å². The highest BCUT2D eigenvalue weighted by Gasteiger charge is 2.43. The highest BCUT2D eigenvalue weighted by molar-refractivity contribution is 5.36. The molecule has 1 aromatic rings. The normalized spacial score (nSPS) is 20.5. The van der Waals surface area contributed by atoms with E-state index in [1.807, 2.05) is 25.1 Å². The van der Waals surface area contributed by atoms with Crippen molar-refractivity contribution in [3.8, 4) is 5.75 Å². The number of nitrogens with two attached hydrogens (primary N) is 1. The van der Waals surface area contributed by atoms with Gasteiger partial charge in [-0.05, 0) is 24.6 Å². The summed E-state index contributed by atoms with van der Waals surface area (Å²) in [5.74, 6) is 0.874. The topological polar surface area (TPSA) is 44.5 Å². The van der Waals surface area contributed by atoms with Crippen LogP contribution in [0.4, 0.5) is 0 Å². The third-order valence-corrected chi connectivity index (χ3v) is 3.24. The van der Waals surface area contributed by atoms with Crippen LogP contribution in [0, 0.1) is 0 Å². The zero-order chi connectivity index (χ0) is 10.9. The molecule has 0 aliphatic carbocycles. The highest BCUT2D eigenvalue weighted by Crippen LogP contribution is 2.36. The number of ether oxygens (including phenoxy) is 2. The van der Waals surface area contributed by atoms with E-state index in [0.29, 0.717) is 13.2 Å². The van der Waals surface area contributed by atoms with Gasteiger partial charge in [-0.3, -0.25) is 0 Å². The summed E-state index contributed by atoms with van der Waals surface area (Å²) >= 11 is 0. The summed E-state index contributed by atoms with van der Waals surface area (Å²) in [7, 11) is 1.68. The van der Waals surface area contributed by atoms with E-state index in [2.05, 4.69) is 6.07 Å². The van der Waals surface area contributed by atoms with E-state index in [9.17, 15) is 0 Å². The van der Waals surface area contributed by atoms with E-state index in [1.54, 1.807) is 7.11 Å². The predicted octanol–water partition coefficient (Wildman–Crippen LogP) is 1.31. The highest BCUT2D eigenvalue weighted by atomic mass is 16.5. The monoisotopic (exact) mass is 207 g/mol. The molecule has 1 aliphatic heterocycles. The number of hydrogen-bond donors (Lipinski definition) is 1. The fourth-order valence-electron chi connectivity index (χ4n) is 1.95. The van der Waals surface area contributed by atoms with Crippen LogP contribution in [0.15, 0.2) is 24.3 Å². The average molecular weight is 207 g/mol. The Labute approximate surface area is 90.2 Å². The van der Waals surface area contributed by atoms with Crippen molar-refractivity contribution in [1.29, 1.82) is 0 Å². The van der Waals surface area contributed by atoms with Gasteiger partial charge in [0.05, 0.1) is 25.7 Å². The first kappa shape index (κ1) is 10.5. The summed E-state index contributed by atoms with van der Waals surface area (Å²) in [6, 6.07) is 8.17.